The number of aliphatic imine (C=N–C) groups is 1. The summed E-state index contributed by atoms with van der Waals surface area (Å²) in [5.74, 6) is -0.203. The fraction of sp³-hybridized carbons (Fsp3) is 0.214. The Morgan fingerprint density at radius 2 is 1.82 bits per heavy atom. The maximum Gasteiger partial charge on any atom is 0.416 e. The van der Waals surface area contributed by atoms with E-state index in [1.54, 1.807) is 49.7 Å². The van der Waals surface area contributed by atoms with Gasteiger partial charge in [0.05, 0.1) is 11.2 Å². The van der Waals surface area contributed by atoms with Crippen LogP contribution in [0, 0.1) is 0 Å². The highest BCUT2D eigenvalue weighted by molar-refractivity contribution is 7.13. The van der Waals surface area contributed by atoms with Crippen LogP contribution in [0.3, 0.4) is 0 Å². The van der Waals surface area contributed by atoms with Crippen molar-refractivity contribution in [1.29, 1.82) is 0 Å². The number of thiazole rings is 1. The van der Waals surface area contributed by atoms with Crippen molar-refractivity contribution in [3.63, 3.8) is 0 Å². The van der Waals surface area contributed by atoms with Crippen LogP contribution in [-0.4, -0.2) is 39.3 Å². The number of pyridine rings is 1. The predicted octanol–water partition coefficient (Wildman–Crippen LogP) is 5.89. The van der Waals surface area contributed by atoms with Gasteiger partial charge in [-0.1, -0.05) is 12.1 Å². The largest absolute Gasteiger partial charge is 0.416 e. The highest BCUT2D eigenvalue weighted by Crippen LogP contribution is 2.36. The van der Waals surface area contributed by atoms with Crippen molar-refractivity contribution < 1.29 is 23.1 Å². The Morgan fingerprint density at radius 3 is 2.48 bits per heavy atom. The van der Waals surface area contributed by atoms with Gasteiger partial charge >= 0.3 is 6.18 Å². The number of rotatable bonds is 8. The molecule has 40 heavy (non-hydrogen) atoms. The molecule has 208 valence electrons. The van der Waals surface area contributed by atoms with Gasteiger partial charge in [0.1, 0.15) is 16.5 Å². The molecule has 0 aliphatic rings. The first-order valence-electron chi connectivity index (χ1n) is 12.1. The van der Waals surface area contributed by atoms with Crippen LogP contribution < -0.4 is 16.8 Å². The van der Waals surface area contributed by atoms with Gasteiger partial charge in [-0.25, -0.2) is 9.97 Å². The van der Waals surface area contributed by atoms with E-state index in [4.69, 9.17) is 11.5 Å². The molecule has 0 fully saturated rings. The molecular weight excluding hydrogens is 541 g/mol. The van der Waals surface area contributed by atoms with Gasteiger partial charge in [0.15, 0.2) is 0 Å². The fourth-order valence-electron chi connectivity index (χ4n) is 3.71. The van der Waals surface area contributed by atoms with Crippen LogP contribution in [0.5, 0.6) is 0 Å². The summed E-state index contributed by atoms with van der Waals surface area (Å²) < 4.78 is 39.4. The Hall–Kier alpha value is -4.29. The van der Waals surface area contributed by atoms with Crippen molar-refractivity contribution in [2.45, 2.75) is 32.0 Å². The average molecular weight is 569 g/mol. The van der Waals surface area contributed by atoms with Crippen LogP contribution >= 0.6 is 11.3 Å². The number of amides is 1. The number of nitrogens with one attached hydrogen (secondary N) is 1. The molecule has 0 radical (unpaired) electrons. The number of alkyl halides is 3. The van der Waals surface area contributed by atoms with E-state index in [1.807, 2.05) is 0 Å². The SMILES string of the molecule is CC(C)(O)CCN=Cc1cc(NC(=O)c2csc(-c3ccnc(N)c3)n2)c(-c2ccc(C(F)(F)F)cc2)cc1N. The lowest BCUT2D eigenvalue weighted by Crippen LogP contribution is -2.19. The van der Waals surface area contributed by atoms with Gasteiger partial charge in [-0.2, -0.15) is 13.2 Å². The van der Waals surface area contributed by atoms with E-state index in [-0.39, 0.29) is 5.69 Å². The Bertz CT molecular complexity index is 1540. The predicted molar refractivity (Wildman–Crippen MR) is 152 cm³/mol. The van der Waals surface area contributed by atoms with E-state index in [0.29, 0.717) is 57.4 Å². The van der Waals surface area contributed by atoms with E-state index in [9.17, 15) is 23.1 Å². The van der Waals surface area contributed by atoms with E-state index in [2.05, 4.69) is 20.3 Å². The van der Waals surface area contributed by atoms with Crippen LogP contribution in [0.4, 0.5) is 30.4 Å². The third-order valence-electron chi connectivity index (χ3n) is 5.84. The molecule has 0 saturated heterocycles. The molecule has 2 aromatic heterocycles. The summed E-state index contributed by atoms with van der Waals surface area (Å²) >= 11 is 1.25. The Balaban J connectivity index is 1.67. The second-order valence-corrected chi connectivity index (χ2v) is 10.5. The number of aliphatic hydroxyl groups is 1. The topological polar surface area (TPSA) is 140 Å². The second-order valence-electron chi connectivity index (χ2n) is 9.66. The standard InChI is InChI=1S/C28H27F3N6O2S/c1-27(2,39)8-10-34-14-18-11-22(20(13-21(18)32)16-3-5-19(6-4-16)28(29,30)31)36-25(38)23-15-40-26(37-23)17-7-9-35-24(33)12-17/h3-7,9,11-15,39H,8,10,32H2,1-2H3,(H2,33,35)(H,36,38). The zero-order valence-electron chi connectivity index (χ0n) is 21.7. The van der Waals surface area contributed by atoms with Crippen molar-refractivity contribution in [2.75, 3.05) is 23.3 Å². The maximum absolute atomic E-state index is 13.2. The molecule has 12 heteroatoms. The van der Waals surface area contributed by atoms with E-state index < -0.39 is 23.2 Å². The summed E-state index contributed by atoms with van der Waals surface area (Å²) in [4.78, 5) is 25.9. The summed E-state index contributed by atoms with van der Waals surface area (Å²) in [6.45, 7) is 3.69. The van der Waals surface area contributed by atoms with Gasteiger partial charge in [-0.05, 0) is 62.2 Å². The minimum Gasteiger partial charge on any atom is -0.398 e. The molecule has 4 aromatic rings. The first-order valence-corrected chi connectivity index (χ1v) is 13.0. The third-order valence-corrected chi connectivity index (χ3v) is 6.73. The van der Waals surface area contributed by atoms with Crippen LogP contribution in [-0.2, 0) is 6.18 Å². The number of aromatic nitrogens is 2. The van der Waals surface area contributed by atoms with Crippen molar-refractivity contribution >= 4 is 40.7 Å². The number of hydrogen-bond acceptors (Lipinski definition) is 8. The summed E-state index contributed by atoms with van der Waals surface area (Å²) in [6, 6.07) is 11.1. The molecule has 8 nitrogen and oxygen atoms in total. The normalized spacial score (nSPS) is 12.2. The van der Waals surface area contributed by atoms with Gasteiger partial charge < -0.3 is 21.9 Å². The number of nitrogen functional groups attached to an aromatic ring is 2. The highest BCUT2D eigenvalue weighted by Gasteiger charge is 2.30. The van der Waals surface area contributed by atoms with Crippen molar-refractivity contribution in [1.82, 2.24) is 9.97 Å². The Kier molecular flexibility index (Phi) is 8.21. The Morgan fingerprint density at radius 1 is 1.10 bits per heavy atom. The molecule has 0 atom stereocenters. The number of benzene rings is 2. The molecule has 0 aliphatic heterocycles. The van der Waals surface area contributed by atoms with Crippen molar-refractivity contribution in [3.8, 4) is 21.7 Å². The third kappa shape index (κ3) is 7.21. The number of nitrogens with two attached hydrogens (primary N) is 2. The van der Waals surface area contributed by atoms with Gasteiger partial charge in [-0.15, -0.1) is 11.3 Å². The first kappa shape index (κ1) is 28.7. The van der Waals surface area contributed by atoms with Crippen LogP contribution in [0.1, 0.15) is 41.9 Å². The van der Waals surface area contributed by atoms with Crippen molar-refractivity contribution in [3.05, 3.63) is 76.9 Å². The minimum atomic E-state index is -4.49. The van der Waals surface area contributed by atoms with Crippen LogP contribution in [0.2, 0.25) is 0 Å². The molecule has 6 N–H and O–H groups in total. The smallest absolute Gasteiger partial charge is 0.398 e. The molecule has 1 amide bonds. The van der Waals surface area contributed by atoms with E-state index in [1.165, 1.54) is 29.7 Å². The second kappa shape index (κ2) is 11.4. The van der Waals surface area contributed by atoms with Gasteiger partial charge in [0.25, 0.3) is 5.91 Å². The van der Waals surface area contributed by atoms with Gasteiger partial charge in [0.2, 0.25) is 0 Å². The molecule has 2 heterocycles. The highest BCUT2D eigenvalue weighted by atomic mass is 32.1. The molecule has 0 spiro atoms. The summed E-state index contributed by atoms with van der Waals surface area (Å²) in [7, 11) is 0. The number of carbonyl (C=O) groups is 1. The summed E-state index contributed by atoms with van der Waals surface area (Å²) in [5.41, 5.74) is 13.1. The summed E-state index contributed by atoms with van der Waals surface area (Å²) in [6.07, 6.45) is -0.991. The number of hydrogen-bond donors (Lipinski definition) is 4. The lowest BCUT2D eigenvalue weighted by molar-refractivity contribution is -0.137. The first-order chi connectivity index (χ1) is 18.8. The Labute approximate surface area is 232 Å². The van der Waals surface area contributed by atoms with E-state index >= 15 is 0 Å². The van der Waals surface area contributed by atoms with Crippen LogP contribution in [0.25, 0.3) is 21.7 Å². The fourth-order valence-corrected chi connectivity index (χ4v) is 4.50. The lowest BCUT2D eigenvalue weighted by Gasteiger charge is -2.16. The van der Waals surface area contributed by atoms with Gasteiger partial charge in [-0.3, -0.25) is 9.79 Å². The lowest BCUT2D eigenvalue weighted by atomic mass is 9.98. The van der Waals surface area contributed by atoms with Crippen LogP contribution in [0.15, 0.2) is 65.1 Å². The monoisotopic (exact) mass is 568 g/mol. The number of nitrogens with zero attached hydrogens (tertiary/aromatic N) is 3. The van der Waals surface area contributed by atoms with E-state index in [0.717, 1.165) is 12.1 Å². The molecule has 0 bridgehead atoms. The molecule has 0 saturated carbocycles. The minimum absolute atomic E-state index is 0.144. The zero-order valence-corrected chi connectivity index (χ0v) is 22.5. The van der Waals surface area contributed by atoms with Gasteiger partial charge in [0, 0.05) is 52.4 Å². The molecule has 2 aromatic carbocycles. The molecule has 0 unspecified atom stereocenters. The maximum atomic E-state index is 13.2. The zero-order chi connectivity index (χ0) is 29.1. The average Bonchev–Trinajstić information content (AvgIpc) is 3.38. The molecule has 4 rings (SSSR count). The number of anilines is 3. The number of halogens is 3. The molecule has 0 aliphatic carbocycles. The summed E-state index contributed by atoms with van der Waals surface area (Å²) in [5, 5.41) is 14.9. The molecular formula is C28H27F3N6O2S. The quantitative estimate of drug-likeness (QED) is 0.154. The number of carbonyl (C=O) groups excluding carboxylic acids is 1. The van der Waals surface area contributed by atoms with Crippen molar-refractivity contribution in [2.24, 2.45) is 4.99 Å².